The van der Waals surface area contributed by atoms with E-state index in [1.807, 2.05) is 19.9 Å². The lowest BCUT2D eigenvalue weighted by Crippen LogP contribution is -2.27. The van der Waals surface area contributed by atoms with Crippen molar-refractivity contribution in [2.45, 2.75) is 13.8 Å². The van der Waals surface area contributed by atoms with Crippen LogP contribution >= 0.6 is 0 Å². The smallest absolute Gasteiger partial charge is 0.316 e. The van der Waals surface area contributed by atoms with Gasteiger partial charge in [0.25, 0.3) is 0 Å². The topological polar surface area (TPSA) is 80.9 Å². The van der Waals surface area contributed by atoms with Crippen LogP contribution in [-0.4, -0.2) is 27.6 Å². The molecule has 0 saturated carbocycles. The summed E-state index contributed by atoms with van der Waals surface area (Å²) in [5.41, 5.74) is 0.573. The van der Waals surface area contributed by atoms with Crippen LogP contribution < -0.4 is 5.32 Å². The van der Waals surface area contributed by atoms with Gasteiger partial charge in [-0.2, -0.15) is 4.98 Å². The lowest BCUT2D eigenvalue weighted by atomic mass is 10.2. The van der Waals surface area contributed by atoms with Crippen LogP contribution in [0, 0.1) is 5.92 Å². The molecule has 0 saturated heterocycles. The van der Waals surface area contributed by atoms with Crippen LogP contribution in [0.5, 0.6) is 0 Å². The fourth-order valence-electron chi connectivity index (χ4n) is 1.29. The summed E-state index contributed by atoms with van der Waals surface area (Å²) in [5.74, 6) is 0.270. The van der Waals surface area contributed by atoms with E-state index in [1.165, 1.54) is 0 Å². The van der Waals surface area contributed by atoms with Crippen LogP contribution in [0.3, 0.4) is 0 Å². The third-order valence-corrected chi connectivity index (χ3v) is 2.19. The van der Waals surface area contributed by atoms with Crippen LogP contribution in [0.2, 0.25) is 0 Å². The van der Waals surface area contributed by atoms with Crippen molar-refractivity contribution in [3.63, 3.8) is 0 Å². The standard InChI is InChI=1S/C12H14N4O2/c1-8(2)7-14-11(17)12-15-10(16-18-12)9-5-3-4-6-13-9/h3-6,8H,7H2,1-2H3,(H,14,17). The molecular formula is C12H14N4O2. The molecule has 0 aliphatic rings. The maximum atomic E-state index is 11.7. The lowest BCUT2D eigenvalue weighted by Gasteiger charge is -2.03. The maximum Gasteiger partial charge on any atom is 0.316 e. The highest BCUT2D eigenvalue weighted by Crippen LogP contribution is 2.11. The zero-order valence-electron chi connectivity index (χ0n) is 10.3. The van der Waals surface area contributed by atoms with E-state index in [2.05, 4.69) is 20.4 Å². The number of carbonyl (C=O) groups is 1. The third-order valence-electron chi connectivity index (χ3n) is 2.19. The molecule has 2 rings (SSSR count). The molecule has 1 N–H and O–H groups in total. The van der Waals surface area contributed by atoms with E-state index in [-0.39, 0.29) is 11.8 Å². The molecule has 6 nitrogen and oxygen atoms in total. The minimum atomic E-state index is -0.363. The number of rotatable bonds is 4. The number of aromatic nitrogens is 3. The summed E-state index contributed by atoms with van der Waals surface area (Å²) >= 11 is 0. The van der Waals surface area contributed by atoms with Crippen molar-refractivity contribution >= 4 is 5.91 Å². The van der Waals surface area contributed by atoms with Gasteiger partial charge in [-0.3, -0.25) is 9.78 Å². The van der Waals surface area contributed by atoms with E-state index in [0.717, 1.165) is 0 Å². The first kappa shape index (κ1) is 12.2. The number of nitrogens with zero attached hydrogens (tertiary/aromatic N) is 3. The van der Waals surface area contributed by atoms with Gasteiger partial charge >= 0.3 is 11.8 Å². The van der Waals surface area contributed by atoms with E-state index in [4.69, 9.17) is 4.52 Å². The van der Waals surface area contributed by atoms with Crippen molar-refractivity contribution in [1.82, 2.24) is 20.4 Å². The Hall–Kier alpha value is -2.24. The van der Waals surface area contributed by atoms with Crippen molar-refractivity contribution in [3.8, 4) is 11.5 Å². The van der Waals surface area contributed by atoms with Gasteiger partial charge in [0.15, 0.2) is 0 Å². The molecule has 18 heavy (non-hydrogen) atoms. The number of nitrogens with one attached hydrogen (secondary N) is 1. The molecule has 6 heteroatoms. The summed E-state index contributed by atoms with van der Waals surface area (Å²) in [7, 11) is 0. The molecule has 1 amide bonds. The minimum Gasteiger partial charge on any atom is -0.348 e. The van der Waals surface area contributed by atoms with Crippen LogP contribution in [0.4, 0.5) is 0 Å². The highest BCUT2D eigenvalue weighted by Gasteiger charge is 2.16. The molecule has 0 aliphatic carbocycles. The summed E-state index contributed by atoms with van der Waals surface area (Å²) < 4.78 is 4.90. The molecule has 0 atom stereocenters. The van der Waals surface area contributed by atoms with Crippen LogP contribution in [0.15, 0.2) is 28.9 Å². The van der Waals surface area contributed by atoms with Gasteiger partial charge in [-0.15, -0.1) is 0 Å². The minimum absolute atomic E-state index is 0.0451. The summed E-state index contributed by atoms with van der Waals surface area (Å²) in [6.45, 7) is 4.58. The third kappa shape index (κ3) is 2.91. The molecule has 2 heterocycles. The average molecular weight is 246 g/mol. The molecular weight excluding hydrogens is 232 g/mol. The fourth-order valence-corrected chi connectivity index (χ4v) is 1.29. The molecule has 94 valence electrons. The average Bonchev–Trinajstić information content (AvgIpc) is 2.86. The first-order valence-corrected chi connectivity index (χ1v) is 5.70. The number of hydrogen-bond donors (Lipinski definition) is 1. The van der Waals surface area contributed by atoms with Crippen molar-refractivity contribution in [3.05, 3.63) is 30.3 Å². The van der Waals surface area contributed by atoms with Crippen LogP contribution in [0.1, 0.15) is 24.5 Å². The van der Waals surface area contributed by atoms with E-state index >= 15 is 0 Å². The van der Waals surface area contributed by atoms with Gasteiger partial charge in [-0.05, 0) is 18.1 Å². The van der Waals surface area contributed by atoms with Gasteiger partial charge in [0.1, 0.15) is 5.69 Å². The van der Waals surface area contributed by atoms with Gasteiger partial charge in [-0.25, -0.2) is 0 Å². The predicted octanol–water partition coefficient (Wildman–Crippen LogP) is 1.52. The van der Waals surface area contributed by atoms with E-state index in [9.17, 15) is 4.79 Å². The normalized spacial score (nSPS) is 10.6. The molecule has 0 fully saturated rings. The Bertz CT molecular complexity index is 522. The van der Waals surface area contributed by atoms with Crippen molar-refractivity contribution in [2.24, 2.45) is 5.92 Å². The van der Waals surface area contributed by atoms with Gasteiger partial charge in [0, 0.05) is 12.7 Å². The summed E-state index contributed by atoms with van der Waals surface area (Å²) in [6, 6.07) is 5.36. The summed E-state index contributed by atoms with van der Waals surface area (Å²) in [5, 5.41) is 6.43. The second-order valence-electron chi connectivity index (χ2n) is 4.24. The fraction of sp³-hybridized carbons (Fsp3) is 0.333. The zero-order chi connectivity index (χ0) is 13.0. The van der Waals surface area contributed by atoms with Crippen molar-refractivity contribution in [2.75, 3.05) is 6.54 Å². The Balaban J connectivity index is 2.09. The number of amides is 1. The predicted molar refractivity (Wildman–Crippen MR) is 64.7 cm³/mol. The van der Waals surface area contributed by atoms with Gasteiger partial charge in [0.05, 0.1) is 0 Å². The van der Waals surface area contributed by atoms with Crippen molar-refractivity contribution < 1.29 is 9.32 Å². The van der Waals surface area contributed by atoms with E-state index in [0.29, 0.717) is 24.0 Å². The van der Waals surface area contributed by atoms with Crippen LogP contribution in [0.25, 0.3) is 11.5 Å². The monoisotopic (exact) mass is 246 g/mol. The molecule has 2 aromatic rings. The van der Waals surface area contributed by atoms with Gasteiger partial charge in [-0.1, -0.05) is 25.1 Å². The van der Waals surface area contributed by atoms with Crippen molar-refractivity contribution in [1.29, 1.82) is 0 Å². The first-order valence-electron chi connectivity index (χ1n) is 5.70. The molecule has 0 unspecified atom stereocenters. The molecule has 2 aromatic heterocycles. The highest BCUT2D eigenvalue weighted by molar-refractivity contribution is 5.89. The Morgan fingerprint density at radius 3 is 2.94 bits per heavy atom. The second-order valence-corrected chi connectivity index (χ2v) is 4.24. The Labute approximate surface area is 104 Å². The molecule has 0 bridgehead atoms. The maximum absolute atomic E-state index is 11.7. The number of pyridine rings is 1. The number of carbonyl (C=O) groups excluding carboxylic acids is 1. The van der Waals surface area contributed by atoms with Crippen LogP contribution in [-0.2, 0) is 0 Å². The Morgan fingerprint density at radius 1 is 1.44 bits per heavy atom. The molecule has 0 spiro atoms. The van der Waals surface area contributed by atoms with E-state index < -0.39 is 0 Å². The summed E-state index contributed by atoms with van der Waals surface area (Å²) in [6.07, 6.45) is 1.63. The summed E-state index contributed by atoms with van der Waals surface area (Å²) in [4.78, 5) is 19.8. The molecule has 0 radical (unpaired) electrons. The molecule has 0 aromatic carbocycles. The van der Waals surface area contributed by atoms with Gasteiger partial charge in [0.2, 0.25) is 5.82 Å². The Kier molecular flexibility index (Phi) is 3.66. The Morgan fingerprint density at radius 2 is 2.28 bits per heavy atom. The van der Waals surface area contributed by atoms with Gasteiger partial charge < -0.3 is 9.84 Å². The largest absolute Gasteiger partial charge is 0.348 e. The quantitative estimate of drug-likeness (QED) is 0.884. The first-order chi connectivity index (χ1) is 8.66. The van der Waals surface area contributed by atoms with E-state index in [1.54, 1.807) is 18.3 Å². The second kappa shape index (κ2) is 5.39. The molecule has 0 aliphatic heterocycles. The SMILES string of the molecule is CC(C)CNC(=O)c1nc(-c2ccccn2)no1. The highest BCUT2D eigenvalue weighted by atomic mass is 16.5. The lowest BCUT2D eigenvalue weighted by molar-refractivity contribution is 0.0905. The zero-order valence-corrected chi connectivity index (χ0v) is 10.3. The number of hydrogen-bond acceptors (Lipinski definition) is 5.